The van der Waals surface area contributed by atoms with Gasteiger partial charge in [0.15, 0.2) is 11.8 Å². The second-order valence-corrected chi connectivity index (χ2v) is 4.96. The third kappa shape index (κ3) is 8.23. The zero-order chi connectivity index (χ0) is 14.8. The van der Waals surface area contributed by atoms with Crippen LogP contribution in [0.4, 0.5) is 0 Å². The number of guanidine groups is 1. The molecule has 0 saturated carbocycles. The number of nitrogens with zero attached hydrogens (tertiary/aromatic N) is 3. The highest BCUT2D eigenvalue weighted by molar-refractivity contribution is 14.0. The zero-order valence-corrected chi connectivity index (χ0v) is 15.8. The third-order valence-corrected chi connectivity index (χ3v) is 3.30. The minimum atomic E-state index is 0. The highest BCUT2D eigenvalue weighted by Gasteiger charge is 2.08. The molecule has 0 aliphatic carbocycles. The Kier molecular flexibility index (Phi) is 11.3. The second kappa shape index (κ2) is 11.8. The molecular weight excluding hydrogens is 381 g/mol. The third-order valence-electron chi connectivity index (χ3n) is 3.30. The molecule has 1 aromatic rings. The molecule has 2 N–H and O–H groups in total. The maximum atomic E-state index is 5.05. The van der Waals surface area contributed by atoms with Crippen molar-refractivity contribution < 1.29 is 4.52 Å². The molecule has 6 nitrogen and oxygen atoms in total. The lowest BCUT2D eigenvalue weighted by Gasteiger charge is -2.17. The minimum absolute atomic E-state index is 0. The molecule has 1 unspecified atom stereocenters. The molecule has 0 aliphatic rings. The second-order valence-electron chi connectivity index (χ2n) is 4.96. The molecule has 0 fully saturated rings. The van der Waals surface area contributed by atoms with Crippen LogP contribution in [0.1, 0.15) is 51.2 Å². The summed E-state index contributed by atoms with van der Waals surface area (Å²) in [5.41, 5.74) is 0. The number of hydrogen-bond donors (Lipinski definition) is 2. The highest BCUT2D eigenvalue weighted by atomic mass is 127. The summed E-state index contributed by atoms with van der Waals surface area (Å²) in [6, 6.07) is 0. The highest BCUT2D eigenvalue weighted by Crippen LogP contribution is 2.11. The largest absolute Gasteiger partial charge is 0.356 e. The first-order valence-electron chi connectivity index (χ1n) is 7.43. The first kappa shape index (κ1) is 20.1. The summed E-state index contributed by atoms with van der Waals surface area (Å²) >= 11 is 0. The van der Waals surface area contributed by atoms with Crippen molar-refractivity contribution in [2.24, 2.45) is 10.9 Å². The molecule has 0 amide bonds. The fraction of sp³-hybridized carbons (Fsp3) is 0.786. The Morgan fingerprint density at radius 1 is 1.33 bits per heavy atom. The van der Waals surface area contributed by atoms with E-state index in [9.17, 15) is 0 Å². The van der Waals surface area contributed by atoms with Crippen molar-refractivity contribution in [3.8, 4) is 0 Å². The van der Waals surface area contributed by atoms with Gasteiger partial charge in [-0.2, -0.15) is 4.98 Å². The van der Waals surface area contributed by atoms with Crippen LogP contribution in [0.5, 0.6) is 0 Å². The average Bonchev–Trinajstić information content (AvgIpc) is 2.87. The lowest BCUT2D eigenvalue weighted by Crippen LogP contribution is -2.39. The SMILES string of the molecule is CCCCC(CC)CNC(=NC)NCc1nc(C)no1.I. The Balaban J connectivity index is 0.00000400. The van der Waals surface area contributed by atoms with E-state index < -0.39 is 0 Å². The van der Waals surface area contributed by atoms with Crippen molar-refractivity contribution in [1.29, 1.82) is 0 Å². The van der Waals surface area contributed by atoms with Crippen LogP contribution in [-0.4, -0.2) is 29.7 Å². The van der Waals surface area contributed by atoms with E-state index in [0.29, 0.717) is 24.2 Å². The van der Waals surface area contributed by atoms with E-state index in [4.69, 9.17) is 4.52 Å². The van der Waals surface area contributed by atoms with Gasteiger partial charge in [0.2, 0.25) is 5.89 Å². The van der Waals surface area contributed by atoms with Gasteiger partial charge in [0, 0.05) is 13.6 Å². The molecule has 21 heavy (non-hydrogen) atoms. The van der Waals surface area contributed by atoms with Gasteiger partial charge in [-0.1, -0.05) is 38.3 Å². The lowest BCUT2D eigenvalue weighted by molar-refractivity contribution is 0.371. The molecule has 122 valence electrons. The van der Waals surface area contributed by atoms with Crippen LogP contribution in [-0.2, 0) is 6.54 Å². The van der Waals surface area contributed by atoms with Crippen LogP contribution in [0, 0.1) is 12.8 Å². The number of nitrogens with one attached hydrogen (secondary N) is 2. The Hall–Kier alpha value is -0.860. The van der Waals surface area contributed by atoms with Crippen LogP contribution >= 0.6 is 24.0 Å². The van der Waals surface area contributed by atoms with Gasteiger partial charge in [0.05, 0.1) is 6.54 Å². The quantitative estimate of drug-likeness (QED) is 0.392. The summed E-state index contributed by atoms with van der Waals surface area (Å²) in [4.78, 5) is 8.35. The molecule has 1 heterocycles. The van der Waals surface area contributed by atoms with Crippen molar-refractivity contribution in [2.75, 3.05) is 13.6 Å². The predicted molar refractivity (Wildman–Crippen MR) is 96.0 cm³/mol. The van der Waals surface area contributed by atoms with E-state index in [1.165, 1.54) is 25.7 Å². The summed E-state index contributed by atoms with van der Waals surface area (Å²) in [6.45, 7) is 7.71. The van der Waals surface area contributed by atoms with E-state index in [2.05, 4.69) is 39.6 Å². The average molecular weight is 409 g/mol. The molecule has 0 spiro atoms. The van der Waals surface area contributed by atoms with E-state index in [-0.39, 0.29) is 24.0 Å². The standard InChI is InChI=1S/C14H27N5O.HI/c1-5-7-8-12(6-2)9-16-14(15-4)17-10-13-18-11(3)19-20-13;/h12H,5-10H2,1-4H3,(H2,15,16,17);1H. The van der Waals surface area contributed by atoms with Gasteiger partial charge >= 0.3 is 0 Å². The first-order valence-corrected chi connectivity index (χ1v) is 7.43. The van der Waals surface area contributed by atoms with Gasteiger partial charge in [-0.25, -0.2) is 0 Å². The number of aromatic nitrogens is 2. The minimum Gasteiger partial charge on any atom is -0.356 e. The number of unbranched alkanes of at least 4 members (excludes halogenated alkanes) is 1. The monoisotopic (exact) mass is 409 g/mol. The van der Waals surface area contributed by atoms with E-state index in [1.54, 1.807) is 14.0 Å². The van der Waals surface area contributed by atoms with Gasteiger partial charge in [-0.15, -0.1) is 24.0 Å². The van der Waals surface area contributed by atoms with Gasteiger partial charge in [-0.05, 0) is 19.3 Å². The Bertz CT molecular complexity index is 408. The number of aliphatic imine (C=N–C) groups is 1. The van der Waals surface area contributed by atoms with Crippen LogP contribution in [0.3, 0.4) is 0 Å². The molecule has 7 heteroatoms. The van der Waals surface area contributed by atoms with E-state index >= 15 is 0 Å². The van der Waals surface area contributed by atoms with Gasteiger partial charge in [0.1, 0.15) is 0 Å². The van der Waals surface area contributed by atoms with E-state index in [0.717, 1.165) is 12.5 Å². The Morgan fingerprint density at radius 2 is 2.10 bits per heavy atom. The van der Waals surface area contributed by atoms with Crippen LogP contribution in [0.2, 0.25) is 0 Å². The van der Waals surface area contributed by atoms with Crippen LogP contribution in [0.25, 0.3) is 0 Å². The molecule has 1 atom stereocenters. The fourth-order valence-electron chi connectivity index (χ4n) is 1.98. The summed E-state index contributed by atoms with van der Waals surface area (Å²) in [5, 5.41) is 10.3. The van der Waals surface area contributed by atoms with Gasteiger partial charge in [-0.3, -0.25) is 4.99 Å². The predicted octanol–water partition coefficient (Wildman–Crippen LogP) is 2.88. The number of aryl methyl sites for hydroxylation is 1. The summed E-state index contributed by atoms with van der Waals surface area (Å²) < 4.78 is 5.05. The van der Waals surface area contributed by atoms with Crippen molar-refractivity contribution in [3.05, 3.63) is 11.7 Å². The number of halogens is 1. The molecule has 0 aliphatic heterocycles. The van der Waals surface area contributed by atoms with Crippen LogP contribution < -0.4 is 10.6 Å². The van der Waals surface area contributed by atoms with Gasteiger partial charge in [0.25, 0.3) is 0 Å². The normalized spacial score (nSPS) is 12.7. The molecule has 0 saturated heterocycles. The summed E-state index contributed by atoms with van der Waals surface area (Å²) in [6.07, 6.45) is 4.99. The molecule has 0 aromatic carbocycles. The maximum absolute atomic E-state index is 5.05. The molecule has 0 bridgehead atoms. The summed E-state index contributed by atoms with van der Waals surface area (Å²) in [7, 11) is 1.77. The van der Waals surface area contributed by atoms with Crippen molar-refractivity contribution in [1.82, 2.24) is 20.8 Å². The zero-order valence-electron chi connectivity index (χ0n) is 13.5. The molecule has 1 rings (SSSR count). The first-order chi connectivity index (χ1) is 9.69. The smallest absolute Gasteiger partial charge is 0.246 e. The van der Waals surface area contributed by atoms with Crippen molar-refractivity contribution >= 4 is 29.9 Å². The van der Waals surface area contributed by atoms with Crippen molar-refractivity contribution in [2.45, 2.75) is 53.0 Å². The topological polar surface area (TPSA) is 75.3 Å². The molecular formula is C14H28IN5O. The maximum Gasteiger partial charge on any atom is 0.246 e. The Morgan fingerprint density at radius 3 is 2.62 bits per heavy atom. The fourth-order valence-corrected chi connectivity index (χ4v) is 1.98. The molecule has 1 aromatic heterocycles. The van der Waals surface area contributed by atoms with Crippen LogP contribution in [0.15, 0.2) is 9.52 Å². The summed E-state index contributed by atoms with van der Waals surface area (Å²) in [5.74, 6) is 2.69. The molecule has 0 radical (unpaired) electrons. The van der Waals surface area contributed by atoms with Gasteiger partial charge < -0.3 is 15.2 Å². The Labute approximate surface area is 144 Å². The lowest BCUT2D eigenvalue weighted by atomic mass is 9.99. The van der Waals surface area contributed by atoms with Crippen molar-refractivity contribution in [3.63, 3.8) is 0 Å². The number of rotatable bonds is 8. The van der Waals surface area contributed by atoms with E-state index in [1.807, 2.05) is 0 Å². The number of hydrogen-bond acceptors (Lipinski definition) is 4.